The normalized spacial score (nSPS) is 21.1. The first-order chi connectivity index (χ1) is 13.2. The van der Waals surface area contributed by atoms with Crippen LogP contribution in [0.2, 0.25) is 0 Å². The van der Waals surface area contributed by atoms with E-state index in [1.54, 1.807) is 0 Å². The molecule has 1 amide bonds. The Labute approximate surface area is 163 Å². The van der Waals surface area contributed by atoms with E-state index in [2.05, 4.69) is 21.7 Å². The number of para-hydroxylation sites is 1. The maximum absolute atomic E-state index is 12.8. The zero-order valence-corrected chi connectivity index (χ0v) is 16.3. The quantitative estimate of drug-likeness (QED) is 0.699. The maximum Gasteiger partial charge on any atom is 0.234 e. The summed E-state index contributed by atoms with van der Waals surface area (Å²) in [6.45, 7) is 3.42. The highest BCUT2D eigenvalue weighted by Crippen LogP contribution is 2.48. The number of furan rings is 1. The van der Waals surface area contributed by atoms with E-state index in [1.165, 1.54) is 23.3 Å². The maximum atomic E-state index is 12.8. The summed E-state index contributed by atoms with van der Waals surface area (Å²) >= 11 is 1.87. The fourth-order valence-electron chi connectivity index (χ4n) is 4.30. The number of fused-ring (bicyclic) bond motifs is 2. The zero-order valence-electron chi connectivity index (χ0n) is 15.5. The van der Waals surface area contributed by atoms with E-state index in [9.17, 15) is 4.79 Å². The van der Waals surface area contributed by atoms with Crippen molar-refractivity contribution in [3.8, 4) is 0 Å². The number of hydrogen-bond donors (Lipinski definition) is 1. The van der Waals surface area contributed by atoms with Crippen molar-refractivity contribution in [3.63, 3.8) is 0 Å². The summed E-state index contributed by atoms with van der Waals surface area (Å²) in [5.41, 5.74) is 2.33. The van der Waals surface area contributed by atoms with Crippen molar-refractivity contribution in [3.05, 3.63) is 58.0 Å². The third-order valence-electron chi connectivity index (χ3n) is 5.78. The minimum Gasteiger partial charge on any atom is -0.459 e. The highest BCUT2D eigenvalue weighted by molar-refractivity contribution is 7.10. The first-order valence-electron chi connectivity index (χ1n) is 9.77. The van der Waals surface area contributed by atoms with E-state index in [-0.39, 0.29) is 11.9 Å². The lowest BCUT2D eigenvalue weighted by Crippen LogP contribution is -2.43. The van der Waals surface area contributed by atoms with Gasteiger partial charge in [-0.2, -0.15) is 0 Å². The van der Waals surface area contributed by atoms with E-state index >= 15 is 0 Å². The Balaban J connectivity index is 1.27. The van der Waals surface area contributed by atoms with Crippen molar-refractivity contribution in [2.45, 2.75) is 38.3 Å². The van der Waals surface area contributed by atoms with E-state index in [0.717, 1.165) is 35.6 Å². The van der Waals surface area contributed by atoms with E-state index < -0.39 is 0 Å². The van der Waals surface area contributed by atoms with Crippen LogP contribution in [0, 0.1) is 5.92 Å². The Hall–Kier alpha value is -2.11. The van der Waals surface area contributed by atoms with Gasteiger partial charge in [0.25, 0.3) is 0 Å². The molecule has 140 valence electrons. The van der Waals surface area contributed by atoms with Gasteiger partial charge in [0.15, 0.2) is 0 Å². The van der Waals surface area contributed by atoms with Crippen LogP contribution in [0.4, 0.5) is 0 Å². The fraction of sp³-hybridized carbons (Fsp3) is 0.409. The Kier molecular flexibility index (Phi) is 4.29. The second-order valence-corrected chi connectivity index (χ2v) is 8.78. The van der Waals surface area contributed by atoms with Crippen LogP contribution in [0.25, 0.3) is 11.0 Å². The molecule has 5 heteroatoms. The molecular formula is C22H24N2O2S. The Morgan fingerprint density at radius 3 is 3.00 bits per heavy atom. The first kappa shape index (κ1) is 17.0. The van der Waals surface area contributed by atoms with E-state index in [0.29, 0.717) is 12.6 Å². The fourth-order valence-corrected chi connectivity index (χ4v) is 5.21. The van der Waals surface area contributed by atoms with Crippen molar-refractivity contribution < 1.29 is 9.21 Å². The van der Waals surface area contributed by atoms with Crippen LogP contribution >= 0.6 is 11.3 Å². The average molecular weight is 381 g/mol. The molecule has 27 heavy (non-hydrogen) atoms. The molecule has 1 aromatic carbocycles. The molecule has 4 nitrogen and oxygen atoms in total. The number of carbonyl (C=O) groups excluding carboxylic acids is 1. The number of amides is 1. The Morgan fingerprint density at radius 2 is 2.19 bits per heavy atom. The van der Waals surface area contributed by atoms with Crippen LogP contribution in [0.15, 0.2) is 46.2 Å². The second kappa shape index (κ2) is 6.80. The van der Waals surface area contributed by atoms with Crippen LogP contribution in [0.1, 0.15) is 48.0 Å². The first-order valence-corrected chi connectivity index (χ1v) is 10.6. The van der Waals surface area contributed by atoms with E-state index in [1.807, 2.05) is 48.6 Å². The van der Waals surface area contributed by atoms with Crippen molar-refractivity contribution in [2.24, 2.45) is 5.92 Å². The molecule has 0 bridgehead atoms. The Bertz CT molecular complexity index is 939. The van der Waals surface area contributed by atoms with Crippen LogP contribution in [-0.4, -0.2) is 23.9 Å². The van der Waals surface area contributed by atoms with Crippen molar-refractivity contribution in [2.75, 3.05) is 13.1 Å². The lowest BCUT2D eigenvalue weighted by atomic mass is 9.96. The van der Waals surface area contributed by atoms with Gasteiger partial charge in [-0.25, -0.2) is 0 Å². The molecule has 1 saturated carbocycles. The number of nitrogens with one attached hydrogen (secondary N) is 1. The van der Waals surface area contributed by atoms with Crippen LogP contribution < -0.4 is 5.32 Å². The molecule has 3 aromatic rings. The summed E-state index contributed by atoms with van der Waals surface area (Å²) in [6, 6.07) is 12.5. The third-order valence-corrected chi connectivity index (χ3v) is 6.78. The van der Waals surface area contributed by atoms with Gasteiger partial charge in [0.1, 0.15) is 11.3 Å². The predicted octanol–water partition coefficient (Wildman–Crippen LogP) is 4.68. The summed E-state index contributed by atoms with van der Waals surface area (Å²) in [6.07, 6.45) is 3.63. The highest BCUT2D eigenvalue weighted by atomic mass is 32.1. The molecule has 3 heterocycles. The number of carbonyl (C=O) groups is 1. The van der Waals surface area contributed by atoms with Crippen LogP contribution in [-0.2, 0) is 11.2 Å². The summed E-state index contributed by atoms with van der Waals surface area (Å²) in [5, 5.41) is 6.40. The highest BCUT2D eigenvalue weighted by Gasteiger charge is 2.40. The number of rotatable bonds is 5. The number of benzene rings is 1. The molecule has 1 aliphatic heterocycles. The predicted molar refractivity (Wildman–Crippen MR) is 108 cm³/mol. The van der Waals surface area contributed by atoms with Crippen LogP contribution in [0.5, 0.6) is 0 Å². The molecule has 0 spiro atoms. The lowest BCUT2D eigenvalue weighted by Gasteiger charge is -2.35. The van der Waals surface area contributed by atoms with Crippen LogP contribution in [0.3, 0.4) is 0 Å². The Morgan fingerprint density at radius 1 is 1.33 bits per heavy atom. The van der Waals surface area contributed by atoms with Gasteiger partial charge in [0, 0.05) is 22.8 Å². The minimum atomic E-state index is -0.134. The molecule has 5 rings (SSSR count). The van der Waals surface area contributed by atoms with Crippen molar-refractivity contribution in [1.29, 1.82) is 0 Å². The SMILES string of the molecule is CC(NC(=O)CN1CCc2sccc2C1C1CC1)c1cc2ccccc2o1. The summed E-state index contributed by atoms with van der Waals surface area (Å²) in [5.74, 6) is 1.61. The second-order valence-electron chi connectivity index (χ2n) is 7.78. The molecule has 0 saturated heterocycles. The summed E-state index contributed by atoms with van der Waals surface area (Å²) in [4.78, 5) is 16.7. The van der Waals surface area contributed by atoms with Gasteiger partial charge in [0.2, 0.25) is 5.91 Å². The molecule has 1 N–H and O–H groups in total. The molecule has 1 fully saturated rings. The average Bonchev–Trinajstić information content (AvgIpc) is 3.21. The van der Waals surface area contributed by atoms with Gasteiger partial charge >= 0.3 is 0 Å². The molecule has 2 aliphatic rings. The minimum absolute atomic E-state index is 0.0762. The summed E-state index contributed by atoms with van der Waals surface area (Å²) in [7, 11) is 0. The van der Waals surface area contributed by atoms with Gasteiger partial charge in [-0.05, 0) is 61.2 Å². The van der Waals surface area contributed by atoms with Gasteiger partial charge < -0.3 is 9.73 Å². The molecule has 0 radical (unpaired) electrons. The van der Waals surface area contributed by atoms with Gasteiger partial charge in [-0.15, -0.1) is 11.3 Å². The third kappa shape index (κ3) is 3.30. The topological polar surface area (TPSA) is 45.5 Å². The number of hydrogen-bond acceptors (Lipinski definition) is 4. The number of thiophene rings is 1. The molecule has 2 atom stereocenters. The molecule has 1 aliphatic carbocycles. The smallest absolute Gasteiger partial charge is 0.234 e. The van der Waals surface area contributed by atoms with Gasteiger partial charge in [-0.1, -0.05) is 18.2 Å². The molecule has 2 unspecified atom stereocenters. The van der Waals surface area contributed by atoms with Gasteiger partial charge in [-0.3, -0.25) is 9.69 Å². The molecular weight excluding hydrogens is 356 g/mol. The monoisotopic (exact) mass is 380 g/mol. The lowest BCUT2D eigenvalue weighted by molar-refractivity contribution is -0.123. The zero-order chi connectivity index (χ0) is 18.4. The summed E-state index contributed by atoms with van der Waals surface area (Å²) < 4.78 is 5.90. The number of nitrogens with zero attached hydrogens (tertiary/aromatic N) is 1. The molecule has 2 aromatic heterocycles. The van der Waals surface area contributed by atoms with Gasteiger partial charge in [0.05, 0.1) is 12.6 Å². The van der Waals surface area contributed by atoms with Crippen molar-refractivity contribution >= 4 is 28.2 Å². The standard InChI is InChI=1S/C22H24N2O2S/c1-14(19-12-16-4-2-3-5-18(16)26-19)23-21(25)13-24-10-8-20-17(9-11-27-20)22(24)15-6-7-15/h2-5,9,11-12,14-15,22H,6-8,10,13H2,1H3,(H,23,25). The largest absolute Gasteiger partial charge is 0.459 e. The van der Waals surface area contributed by atoms with Crippen molar-refractivity contribution in [1.82, 2.24) is 10.2 Å². The van der Waals surface area contributed by atoms with E-state index in [4.69, 9.17) is 4.42 Å².